The number of halogens is 2. The van der Waals surface area contributed by atoms with Gasteiger partial charge in [-0.15, -0.1) is 5.10 Å². The van der Waals surface area contributed by atoms with Gasteiger partial charge in [0.1, 0.15) is 11.8 Å². The number of benzene rings is 2. The van der Waals surface area contributed by atoms with Crippen LogP contribution in [0.4, 0.5) is 5.69 Å². The van der Waals surface area contributed by atoms with E-state index in [0.717, 1.165) is 5.56 Å². The lowest BCUT2D eigenvalue weighted by molar-refractivity contribution is 0.415. The van der Waals surface area contributed by atoms with Crippen LogP contribution in [0.15, 0.2) is 30.3 Å². The fraction of sp³-hybridized carbons (Fsp3) is 0.167. The number of aromatic nitrogens is 2. The van der Waals surface area contributed by atoms with E-state index in [2.05, 4.69) is 16.3 Å². The predicted molar refractivity (Wildman–Crippen MR) is 99.2 cm³/mol. The normalized spacial score (nSPS) is 12.0. The average molecular weight is 373 g/mol. The second kappa shape index (κ2) is 6.75. The Bertz CT molecular complexity index is 1010. The van der Waals surface area contributed by atoms with Gasteiger partial charge in [0.2, 0.25) is 0 Å². The summed E-state index contributed by atoms with van der Waals surface area (Å²) in [6.45, 7) is 1.97. The van der Waals surface area contributed by atoms with Gasteiger partial charge in [0.15, 0.2) is 5.15 Å². The number of nitrogens with zero attached hydrogens (tertiary/aromatic N) is 3. The van der Waals surface area contributed by atoms with Gasteiger partial charge in [-0.1, -0.05) is 36.2 Å². The van der Waals surface area contributed by atoms with E-state index in [1.807, 2.05) is 19.1 Å². The third-order valence-corrected chi connectivity index (χ3v) is 4.75. The van der Waals surface area contributed by atoms with Crippen molar-refractivity contribution >= 4 is 39.7 Å². The van der Waals surface area contributed by atoms with Crippen molar-refractivity contribution in [3.63, 3.8) is 0 Å². The minimum absolute atomic E-state index is 0.160. The Morgan fingerprint density at radius 1 is 1.20 bits per heavy atom. The highest BCUT2D eigenvalue weighted by Crippen LogP contribution is 2.37. The number of hydrogen-bond acceptors (Lipinski definition) is 5. The molecule has 1 atom stereocenters. The number of hydrogen-bond donors (Lipinski definition) is 1. The van der Waals surface area contributed by atoms with Crippen LogP contribution in [0.5, 0.6) is 5.75 Å². The third-order valence-electron chi connectivity index (χ3n) is 4.18. The highest BCUT2D eigenvalue weighted by Gasteiger charge is 2.20. The van der Waals surface area contributed by atoms with Gasteiger partial charge >= 0.3 is 0 Å². The van der Waals surface area contributed by atoms with Crippen molar-refractivity contribution < 1.29 is 4.74 Å². The van der Waals surface area contributed by atoms with E-state index in [1.165, 1.54) is 0 Å². The van der Waals surface area contributed by atoms with E-state index in [0.29, 0.717) is 38.5 Å². The quantitative estimate of drug-likeness (QED) is 0.681. The van der Waals surface area contributed by atoms with Crippen LogP contribution in [0.2, 0.25) is 10.2 Å². The first-order valence-corrected chi connectivity index (χ1v) is 8.21. The van der Waals surface area contributed by atoms with Crippen molar-refractivity contribution in [3.05, 3.63) is 57.3 Å². The molecule has 3 rings (SSSR count). The molecule has 2 N–H and O–H groups in total. The maximum atomic E-state index is 9.26. The predicted octanol–water partition coefficient (Wildman–Crippen LogP) is 4.55. The number of nitrogen functional groups attached to an aromatic ring is 1. The van der Waals surface area contributed by atoms with Crippen LogP contribution in [-0.4, -0.2) is 17.3 Å². The van der Waals surface area contributed by atoms with Crippen LogP contribution in [0, 0.1) is 11.3 Å². The van der Waals surface area contributed by atoms with E-state index in [4.69, 9.17) is 33.7 Å². The first kappa shape index (κ1) is 17.3. The largest absolute Gasteiger partial charge is 0.495 e. The molecule has 3 aromatic rings. The number of nitrogens with two attached hydrogens (primary N) is 1. The molecule has 0 aliphatic heterocycles. The molecule has 0 bridgehead atoms. The number of rotatable bonds is 3. The number of anilines is 1. The van der Waals surface area contributed by atoms with Crippen molar-refractivity contribution in [1.82, 2.24) is 10.2 Å². The SMILES string of the molecule is COc1ccc(C(C)c2nnc(Cl)c3ccc(C#N)c(N)c23)cc1Cl. The number of fused-ring (bicyclic) bond motifs is 1. The summed E-state index contributed by atoms with van der Waals surface area (Å²) in [6.07, 6.45) is 0. The maximum Gasteiger partial charge on any atom is 0.159 e. The molecule has 0 saturated heterocycles. The summed E-state index contributed by atoms with van der Waals surface area (Å²) in [5.41, 5.74) is 8.47. The molecule has 2 aromatic carbocycles. The zero-order valence-electron chi connectivity index (χ0n) is 13.5. The molecular weight excluding hydrogens is 359 g/mol. The van der Waals surface area contributed by atoms with Gasteiger partial charge in [-0.05, 0) is 29.8 Å². The molecule has 1 unspecified atom stereocenters. The highest BCUT2D eigenvalue weighted by atomic mass is 35.5. The molecule has 0 fully saturated rings. The molecule has 7 heteroatoms. The van der Waals surface area contributed by atoms with Gasteiger partial charge in [0.05, 0.1) is 29.1 Å². The Hall–Kier alpha value is -2.55. The van der Waals surface area contributed by atoms with Gasteiger partial charge in [0.25, 0.3) is 0 Å². The zero-order chi connectivity index (χ0) is 18.1. The topological polar surface area (TPSA) is 84.8 Å². The minimum Gasteiger partial charge on any atom is -0.495 e. The molecule has 0 spiro atoms. The Kier molecular flexibility index (Phi) is 4.67. The molecule has 0 amide bonds. The molecule has 0 aliphatic rings. The second-order valence-corrected chi connectivity index (χ2v) is 6.32. The monoisotopic (exact) mass is 372 g/mol. The minimum atomic E-state index is -0.160. The molecular formula is C18H14Cl2N4O. The van der Waals surface area contributed by atoms with Crippen LogP contribution >= 0.6 is 23.2 Å². The molecule has 126 valence electrons. The van der Waals surface area contributed by atoms with E-state index in [-0.39, 0.29) is 11.1 Å². The van der Waals surface area contributed by atoms with E-state index in [1.54, 1.807) is 25.3 Å². The summed E-state index contributed by atoms with van der Waals surface area (Å²) in [7, 11) is 1.56. The number of ether oxygens (including phenoxy) is 1. The third kappa shape index (κ3) is 2.95. The summed E-state index contributed by atoms with van der Waals surface area (Å²) in [6, 6.07) is 11.0. The number of methoxy groups -OCH3 is 1. The lowest BCUT2D eigenvalue weighted by Crippen LogP contribution is -2.06. The zero-order valence-corrected chi connectivity index (χ0v) is 15.1. The Labute approximate surface area is 154 Å². The molecule has 5 nitrogen and oxygen atoms in total. The van der Waals surface area contributed by atoms with Crippen LogP contribution < -0.4 is 10.5 Å². The Morgan fingerprint density at radius 3 is 2.60 bits per heavy atom. The van der Waals surface area contributed by atoms with E-state index < -0.39 is 0 Å². The van der Waals surface area contributed by atoms with E-state index in [9.17, 15) is 5.26 Å². The maximum absolute atomic E-state index is 9.26. The van der Waals surface area contributed by atoms with Crippen molar-refractivity contribution in [2.45, 2.75) is 12.8 Å². The summed E-state index contributed by atoms with van der Waals surface area (Å²) in [4.78, 5) is 0. The van der Waals surface area contributed by atoms with Crippen LogP contribution in [0.3, 0.4) is 0 Å². The molecule has 0 radical (unpaired) electrons. The van der Waals surface area contributed by atoms with Crippen molar-refractivity contribution in [1.29, 1.82) is 5.26 Å². The van der Waals surface area contributed by atoms with E-state index >= 15 is 0 Å². The molecule has 25 heavy (non-hydrogen) atoms. The summed E-state index contributed by atoms with van der Waals surface area (Å²) < 4.78 is 5.19. The summed E-state index contributed by atoms with van der Waals surface area (Å²) in [5, 5.41) is 19.6. The standard InChI is InChI=1S/C18H14Cl2N4O/c1-9(10-4-6-14(25-2)13(19)7-10)17-15-12(18(20)24-23-17)5-3-11(8-21)16(15)22/h3-7,9H,22H2,1-2H3. The van der Waals surface area contributed by atoms with Crippen LogP contribution in [0.25, 0.3) is 10.8 Å². The fourth-order valence-electron chi connectivity index (χ4n) is 2.78. The van der Waals surface area contributed by atoms with Gasteiger partial charge in [-0.2, -0.15) is 10.4 Å². The molecule has 1 heterocycles. The summed E-state index contributed by atoms with van der Waals surface area (Å²) in [5.74, 6) is 0.433. The lowest BCUT2D eigenvalue weighted by atomic mass is 9.92. The molecule has 1 aromatic heterocycles. The van der Waals surface area contributed by atoms with Gasteiger partial charge in [-0.25, -0.2) is 0 Å². The Morgan fingerprint density at radius 2 is 1.96 bits per heavy atom. The van der Waals surface area contributed by atoms with Crippen molar-refractivity contribution in [2.24, 2.45) is 0 Å². The van der Waals surface area contributed by atoms with Gasteiger partial charge in [0, 0.05) is 16.7 Å². The van der Waals surface area contributed by atoms with Crippen molar-refractivity contribution in [2.75, 3.05) is 12.8 Å². The molecule has 0 aliphatic carbocycles. The fourth-order valence-corrected chi connectivity index (χ4v) is 3.24. The van der Waals surface area contributed by atoms with Crippen LogP contribution in [0.1, 0.15) is 29.7 Å². The molecule has 0 saturated carbocycles. The first-order valence-electron chi connectivity index (χ1n) is 7.45. The smallest absolute Gasteiger partial charge is 0.159 e. The first-order chi connectivity index (χ1) is 12.0. The summed E-state index contributed by atoms with van der Waals surface area (Å²) >= 11 is 12.4. The van der Waals surface area contributed by atoms with Gasteiger partial charge in [-0.3, -0.25) is 0 Å². The average Bonchev–Trinajstić information content (AvgIpc) is 2.62. The van der Waals surface area contributed by atoms with Crippen LogP contribution in [-0.2, 0) is 0 Å². The van der Waals surface area contributed by atoms with Gasteiger partial charge < -0.3 is 10.5 Å². The number of nitriles is 1. The second-order valence-electron chi connectivity index (χ2n) is 5.55. The van der Waals surface area contributed by atoms with Crippen molar-refractivity contribution in [3.8, 4) is 11.8 Å². The Balaban J connectivity index is 2.23. The highest BCUT2D eigenvalue weighted by molar-refractivity contribution is 6.34. The lowest BCUT2D eigenvalue weighted by Gasteiger charge is -2.16.